The molecule has 1 unspecified atom stereocenters. The van der Waals surface area contributed by atoms with Gasteiger partial charge < -0.3 is 10.3 Å². The zero-order chi connectivity index (χ0) is 19.1. The van der Waals surface area contributed by atoms with E-state index < -0.39 is 11.6 Å². The molecule has 1 aliphatic rings. The van der Waals surface area contributed by atoms with Crippen LogP contribution in [0.15, 0.2) is 24.3 Å². The minimum absolute atomic E-state index is 0.239. The van der Waals surface area contributed by atoms with Gasteiger partial charge >= 0.3 is 6.03 Å². The van der Waals surface area contributed by atoms with Crippen molar-refractivity contribution < 1.29 is 14.4 Å². The summed E-state index contributed by atoms with van der Waals surface area (Å²) >= 11 is 0. The number of hydrogen-bond donors (Lipinski definition) is 2. The van der Waals surface area contributed by atoms with Crippen molar-refractivity contribution in [1.82, 2.24) is 15.2 Å². The Labute approximate surface area is 152 Å². The number of aromatic amines is 1. The highest BCUT2D eigenvalue weighted by atomic mass is 16.2. The van der Waals surface area contributed by atoms with Gasteiger partial charge in [0.2, 0.25) is 0 Å². The van der Waals surface area contributed by atoms with E-state index in [1.165, 1.54) is 0 Å². The topological polar surface area (TPSA) is 82.3 Å². The van der Waals surface area contributed by atoms with Gasteiger partial charge in [-0.2, -0.15) is 0 Å². The van der Waals surface area contributed by atoms with E-state index in [1.54, 1.807) is 6.92 Å². The number of urea groups is 1. The lowest BCUT2D eigenvalue weighted by atomic mass is 9.92. The first-order chi connectivity index (χ1) is 12.2. The third kappa shape index (κ3) is 3.11. The molecule has 0 radical (unpaired) electrons. The maximum Gasteiger partial charge on any atom is 0.325 e. The van der Waals surface area contributed by atoms with Gasteiger partial charge in [0.1, 0.15) is 5.54 Å². The molecule has 0 spiro atoms. The summed E-state index contributed by atoms with van der Waals surface area (Å²) in [5.74, 6) is -0.133. The Morgan fingerprint density at radius 1 is 1.23 bits per heavy atom. The van der Waals surface area contributed by atoms with Crippen LogP contribution in [0.2, 0.25) is 0 Å². The lowest BCUT2D eigenvalue weighted by molar-refractivity contribution is -0.130. The number of hydrogen-bond acceptors (Lipinski definition) is 3. The van der Waals surface area contributed by atoms with E-state index in [9.17, 15) is 14.4 Å². The molecule has 1 aromatic carbocycles. The summed E-state index contributed by atoms with van der Waals surface area (Å²) in [5.41, 5.74) is 1.21. The minimum Gasteiger partial charge on any atom is -0.358 e. The zero-order valence-corrected chi connectivity index (χ0v) is 15.7. The lowest BCUT2D eigenvalue weighted by Crippen LogP contribution is -2.44. The third-order valence-corrected chi connectivity index (χ3v) is 5.04. The van der Waals surface area contributed by atoms with E-state index in [-0.39, 0.29) is 18.2 Å². The second-order valence-corrected chi connectivity index (χ2v) is 7.68. The van der Waals surface area contributed by atoms with Crippen molar-refractivity contribution in [3.63, 3.8) is 0 Å². The molecule has 0 saturated carbocycles. The Morgan fingerprint density at radius 3 is 2.62 bits per heavy atom. The Hall–Kier alpha value is -2.63. The molecule has 1 aromatic heterocycles. The molecule has 3 rings (SSSR count). The van der Waals surface area contributed by atoms with Gasteiger partial charge in [0.05, 0.1) is 6.54 Å². The van der Waals surface area contributed by atoms with Crippen LogP contribution >= 0.6 is 0 Å². The summed E-state index contributed by atoms with van der Waals surface area (Å²) < 4.78 is 0. The van der Waals surface area contributed by atoms with Crippen molar-refractivity contribution in [2.24, 2.45) is 5.92 Å². The maximum atomic E-state index is 12.9. The number of carbonyl (C=O) groups excluding carboxylic acids is 3. The summed E-state index contributed by atoms with van der Waals surface area (Å²) in [5, 5.41) is 3.58. The standard InChI is InChI=1S/C20H25N3O3/c1-12(2)9-10-20(4)18(25)23(19(26)22-20)11-16(24)17-13(3)21-15-8-6-5-7-14(15)17/h5-8,12,21H,9-11H2,1-4H3,(H,22,26). The van der Waals surface area contributed by atoms with E-state index in [0.717, 1.165) is 27.9 Å². The van der Waals surface area contributed by atoms with Crippen LogP contribution in [0.3, 0.4) is 0 Å². The molecule has 26 heavy (non-hydrogen) atoms. The van der Waals surface area contributed by atoms with Crippen molar-refractivity contribution >= 4 is 28.6 Å². The molecule has 6 heteroatoms. The second kappa shape index (κ2) is 6.59. The van der Waals surface area contributed by atoms with Gasteiger partial charge in [-0.25, -0.2) is 4.79 Å². The maximum absolute atomic E-state index is 12.9. The van der Waals surface area contributed by atoms with Gasteiger partial charge in [0, 0.05) is 22.2 Å². The van der Waals surface area contributed by atoms with Crippen LogP contribution in [0.4, 0.5) is 4.79 Å². The Balaban J connectivity index is 1.82. The van der Waals surface area contributed by atoms with Gasteiger partial charge in [-0.1, -0.05) is 32.0 Å². The fourth-order valence-electron chi connectivity index (χ4n) is 3.50. The molecule has 1 saturated heterocycles. The summed E-state index contributed by atoms with van der Waals surface area (Å²) in [7, 11) is 0. The number of para-hydroxylation sites is 1. The third-order valence-electron chi connectivity index (χ3n) is 5.04. The first-order valence-electron chi connectivity index (χ1n) is 8.97. The molecule has 1 fully saturated rings. The van der Waals surface area contributed by atoms with Gasteiger partial charge in [0.15, 0.2) is 5.78 Å². The molecule has 6 nitrogen and oxygen atoms in total. The number of imide groups is 1. The summed E-state index contributed by atoms with van der Waals surface area (Å²) in [6.07, 6.45) is 1.39. The fraction of sp³-hybridized carbons (Fsp3) is 0.450. The smallest absolute Gasteiger partial charge is 0.325 e. The van der Waals surface area contributed by atoms with Crippen LogP contribution < -0.4 is 5.32 Å². The zero-order valence-electron chi connectivity index (χ0n) is 15.7. The van der Waals surface area contributed by atoms with E-state index in [1.807, 2.05) is 31.2 Å². The molecule has 3 amide bonds. The first kappa shape index (κ1) is 18.2. The van der Waals surface area contributed by atoms with Gasteiger partial charge in [0.25, 0.3) is 5.91 Å². The van der Waals surface area contributed by atoms with Crippen LogP contribution in [0.25, 0.3) is 10.9 Å². The molecule has 1 atom stereocenters. The number of fused-ring (bicyclic) bond motifs is 1. The SMILES string of the molecule is Cc1[nH]c2ccccc2c1C(=O)CN1C(=O)NC(C)(CCC(C)C)C1=O. The molecular weight excluding hydrogens is 330 g/mol. The van der Waals surface area contributed by atoms with Crippen LogP contribution in [0.5, 0.6) is 0 Å². The average molecular weight is 355 g/mol. The highest BCUT2D eigenvalue weighted by Crippen LogP contribution is 2.27. The number of nitrogens with one attached hydrogen (secondary N) is 2. The van der Waals surface area contributed by atoms with Crippen molar-refractivity contribution in [3.05, 3.63) is 35.5 Å². The van der Waals surface area contributed by atoms with Crippen LogP contribution in [-0.4, -0.2) is 39.7 Å². The van der Waals surface area contributed by atoms with E-state index in [2.05, 4.69) is 24.1 Å². The summed E-state index contributed by atoms with van der Waals surface area (Å²) in [6.45, 7) is 7.46. The number of nitrogens with zero attached hydrogens (tertiary/aromatic N) is 1. The van der Waals surface area contributed by atoms with Crippen molar-refractivity contribution in [3.8, 4) is 0 Å². The molecule has 2 aromatic rings. The van der Waals surface area contributed by atoms with Crippen LogP contribution in [0, 0.1) is 12.8 Å². The van der Waals surface area contributed by atoms with Gasteiger partial charge in [-0.15, -0.1) is 0 Å². The Bertz CT molecular complexity index is 884. The molecular formula is C20H25N3O3. The average Bonchev–Trinajstić information content (AvgIpc) is 3.02. The Morgan fingerprint density at radius 2 is 1.92 bits per heavy atom. The number of aryl methyl sites for hydroxylation is 1. The number of benzene rings is 1. The number of H-pyrrole nitrogens is 1. The van der Waals surface area contributed by atoms with Crippen molar-refractivity contribution in [1.29, 1.82) is 0 Å². The van der Waals surface area contributed by atoms with Crippen molar-refractivity contribution in [2.75, 3.05) is 6.54 Å². The highest BCUT2D eigenvalue weighted by molar-refractivity contribution is 6.14. The first-order valence-corrected chi connectivity index (χ1v) is 8.97. The molecule has 0 aliphatic carbocycles. The van der Waals surface area contributed by atoms with Crippen LogP contribution in [0.1, 0.15) is 49.7 Å². The number of rotatable bonds is 6. The highest BCUT2D eigenvalue weighted by Gasteiger charge is 2.48. The quantitative estimate of drug-likeness (QED) is 0.615. The van der Waals surface area contributed by atoms with Crippen LogP contribution in [-0.2, 0) is 4.79 Å². The predicted octanol–water partition coefficient (Wildman–Crippen LogP) is 3.41. The molecule has 1 aliphatic heterocycles. The molecule has 2 N–H and O–H groups in total. The van der Waals surface area contributed by atoms with Gasteiger partial charge in [-0.05, 0) is 38.7 Å². The normalized spacial score (nSPS) is 20.3. The predicted molar refractivity (Wildman–Crippen MR) is 100 cm³/mol. The Kier molecular flexibility index (Phi) is 4.61. The van der Waals surface area contributed by atoms with Gasteiger partial charge in [-0.3, -0.25) is 14.5 Å². The number of amides is 3. The van der Waals surface area contributed by atoms with E-state index in [0.29, 0.717) is 17.9 Å². The number of carbonyl (C=O) groups is 3. The van der Waals surface area contributed by atoms with Crippen molar-refractivity contribution in [2.45, 2.75) is 46.1 Å². The van der Waals surface area contributed by atoms with E-state index in [4.69, 9.17) is 0 Å². The minimum atomic E-state index is -0.934. The lowest BCUT2D eigenvalue weighted by Gasteiger charge is -2.22. The summed E-state index contributed by atoms with van der Waals surface area (Å²) in [4.78, 5) is 42.2. The van der Waals surface area contributed by atoms with E-state index >= 15 is 0 Å². The molecule has 0 bridgehead atoms. The fourth-order valence-corrected chi connectivity index (χ4v) is 3.50. The number of Topliss-reactive ketones (excluding diaryl/α,β-unsaturated/α-hetero) is 1. The second-order valence-electron chi connectivity index (χ2n) is 7.68. The number of ketones is 1. The largest absolute Gasteiger partial charge is 0.358 e. The monoisotopic (exact) mass is 355 g/mol. The summed E-state index contributed by atoms with van der Waals surface area (Å²) in [6, 6.07) is 7.03. The number of aromatic nitrogens is 1. The molecule has 138 valence electrons. The molecule has 2 heterocycles.